The number of nitrogens with zero attached hydrogens (tertiary/aromatic N) is 1. The van der Waals surface area contributed by atoms with Crippen LogP contribution in [0.3, 0.4) is 0 Å². The van der Waals surface area contributed by atoms with Crippen molar-refractivity contribution in [3.8, 4) is 39.1 Å². The van der Waals surface area contributed by atoms with Gasteiger partial charge in [0.15, 0.2) is 0 Å². The van der Waals surface area contributed by atoms with E-state index in [1.807, 2.05) is 0 Å². The second kappa shape index (κ2) is 16.5. The van der Waals surface area contributed by atoms with E-state index < -0.39 is 10.8 Å². The number of para-hydroxylation sites is 1. The molecule has 0 N–H and O–H groups in total. The Morgan fingerprint density at radius 3 is 1.28 bits per heavy atom. The van der Waals surface area contributed by atoms with E-state index in [2.05, 4.69) is 290 Å². The number of rotatable bonds is 9. The Labute approximate surface area is 403 Å². The Kier molecular flexibility index (Phi) is 9.70. The summed E-state index contributed by atoms with van der Waals surface area (Å²) in [5.74, 6) is 0. The highest BCUT2D eigenvalue weighted by atomic mass is 15.0. The lowest BCUT2D eigenvalue weighted by Gasteiger charge is -2.39. The van der Waals surface area contributed by atoms with E-state index in [9.17, 15) is 0 Å². The quantitative estimate of drug-likeness (QED) is 0.127. The van der Waals surface area contributed by atoms with Crippen LogP contribution in [-0.4, -0.2) is 4.57 Å². The van der Waals surface area contributed by atoms with E-state index in [1.165, 1.54) is 99.7 Å². The fourth-order valence-corrected chi connectivity index (χ4v) is 11.8. The molecule has 0 unspecified atom stereocenters. The summed E-state index contributed by atoms with van der Waals surface area (Å²) in [6.45, 7) is 0. The van der Waals surface area contributed by atoms with Crippen molar-refractivity contribution in [2.75, 3.05) is 0 Å². The highest BCUT2D eigenvalue weighted by Gasteiger charge is 2.48. The number of fused-ring (bicyclic) bond motifs is 6. The molecular formula is C68H47N. The first-order valence-electron chi connectivity index (χ1n) is 24.0. The molecule has 0 aliphatic heterocycles. The van der Waals surface area contributed by atoms with Crippen LogP contribution in [0.1, 0.15) is 44.5 Å². The number of aromatic nitrogens is 1. The minimum atomic E-state index is -0.624. The first kappa shape index (κ1) is 40.5. The van der Waals surface area contributed by atoms with Gasteiger partial charge in [0, 0.05) is 16.5 Å². The lowest BCUT2D eigenvalue weighted by Crippen LogP contribution is -2.33. The van der Waals surface area contributed by atoms with E-state index in [0.717, 1.165) is 5.69 Å². The van der Waals surface area contributed by atoms with Crippen molar-refractivity contribution in [2.24, 2.45) is 0 Å². The lowest BCUT2D eigenvalue weighted by molar-refractivity contribution is 0.729. The van der Waals surface area contributed by atoms with Gasteiger partial charge in [-0.2, -0.15) is 0 Å². The highest BCUT2D eigenvalue weighted by Crippen LogP contribution is 2.58. The SMILES string of the molecule is c1ccc(-c2ccc(-n3c4ccccc4c4cc(-c5ccc6c(c5)C(c5ccccc5)(c5ccccc5)c5cc(C(c7ccccc7)(c7ccccc7)c7ccccc7)ccc5-6)ccc43)cc2)cc1. The standard InChI is InChI=1S/C68H47N/c1-7-21-48(22-8-1)49-35-40-58(41-36-49)69-65-34-20-19-33-61(65)62-45-50(38-44-66(62)69)51-37-42-59-60-43-39-57(47-64(60)68(63(59)46-51,55-29-15-5-16-30-55)56-31-17-6-18-32-56)67(52-23-9-2-10-24-52,53-25-11-3-12-26-53)54-27-13-4-14-28-54/h1-47H. The lowest BCUT2D eigenvalue weighted by atomic mass is 9.63. The van der Waals surface area contributed by atoms with Crippen molar-refractivity contribution >= 4 is 21.8 Å². The monoisotopic (exact) mass is 877 g/mol. The van der Waals surface area contributed by atoms with Crippen LogP contribution >= 0.6 is 0 Å². The van der Waals surface area contributed by atoms with Crippen LogP contribution in [0, 0.1) is 0 Å². The molecule has 11 aromatic carbocycles. The predicted octanol–water partition coefficient (Wildman–Crippen LogP) is 16.9. The molecule has 1 heterocycles. The Morgan fingerprint density at radius 2 is 0.696 bits per heavy atom. The Hall–Kier alpha value is -8.78. The minimum absolute atomic E-state index is 0.601. The van der Waals surface area contributed by atoms with Gasteiger partial charge in [-0.3, -0.25) is 0 Å². The fourth-order valence-electron chi connectivity index (χ4n) is 11.8. The minimum Gasteiger partial charge on any atom is -0.309 e. The van der Waals surface area contributed by atoms with Gasteiger partial charge in [-0.15, -0.1) is 0 Å². The molecule has 1 aliphatic rings. The third-order valence-corrected chi connectivity index (χ3v) is 14.8. The van der Waals surface area contributed by atoms with Crippen LogP contribution in [0.25, 0.3) is 60.9 Å². The molecule has 1 nitrogen and oxygen atoms in total. The Balaban J connectivity index is 1.03. The molecular weight excluding hydrogens is 831 g/mol. The van der Waals surface area contributed by atoms with Crippen molar-refractivity contribution in [3.63, 3.8) is 0 Å². The molecule has 0 spiro atoms. The average Bonchev–Trinajstić information content (AvgIpc) is 3.92. The van der Waals surface area contributed by atoms with Gasteiger partial charge >= 0.3 is 0 Å². The van der Waals surface area contributed by atoms with Crippen LogP contribution in [0.4, 0.5) is 0 Å². The van der Waals surface area contributed by atoms with Crippen molar-refractivity contribution in [3.05, 3.63) is 330 Å². The second-order valence-electron chi connectivity index (χ2n) is 18.3. The maximum absolute atomic E-state index is 2.55. The van der Waals surface area contributed by atoms with Gasteiger partial charge in [0.05, 0.1) is 21.9 Å². The molecule has 1 heteroatoms. The Morgan fingerprint density at radius 1 is 0.275 bits per heavy atom. The third-order valence-electron chi connectivity index (χ3n) is 14.8. The maximum Gasteiger partial charge on any atom is 0.0713 e. The zero-order valence-corrected chi connectivity index (χ0v) is 38.1. The zero-order chi connectivity index (χ0) is 45.8. The highest BCUT2D eigenvalue weighted by molar-refractivity contribution is 6.10. The number of hydrogen-bond donors (Lipinski definition) is 0. The first-order chi connectivity index (χ1) is 34.2. The zero-order valence-electron chi connectivity index (χ0n) is 38.1. The van der Waals surface area contributed by atoms with Crippen LogP contribution in [0.5, 0.6) is 0 Å². The summed E-state index contributed by atoms with van der Waals surface area (Å²) in [5, 5.41) is 2.48. The fraction of sp³-hybridized carbons (Fsp3) is 0.0294. The molecule has 0 amide bonds. The molecule has 69 heavy (non-hydrogen) atoms. The van der Waals surface area contributed by atoms with E-state index >= 15 is 0 Å². The summed E-state index contributed by atoms with van der Waals surface area (Å²) in [4.78, 5) is 0. The molecule has 12 aromatic rings. The van der Waals surface area contributed by atoms with Crippen LogP contribution in [0.2, 0.25) is 0 Å². The third kappa shape index (κ3) is 6.32. The van der Waals surface area contributed by atoms with Gasteiger partial charge in [0.25, 0.3) is 0 Å². The van der Waals surface area contributed by atoms with E-state index in [-0.39, 0.29) is 0 Å². The van der Waals surface area contributed by atoms with Gasteiger partial charge < -0.3 is 4.57 Å². The summed E-state index contributed by atoms with van der Waals surface area (Å²) >= 11 is 0. The van der Waals surface area contributed by atoms with Crippen LogP contribution < -0.4 is 0 Å². The van der Waals surface area contributed by atoms with E-state index in [4.69, 9.17) is 0 Å². The van der Waals surface area contributed by atoms with Gasteiger partial charge in [-0.05, 0) is 114 Å². The predicted molar refractivity (Wildman–Crippen MR) is 287 cm³/mol. The summed E-state index contributed by atoms with van der Waals surface area (Å²) in [6.07, 6.45) is 0. The molecule has 0 radical (unpaired) electrons. The molecule has 0 saturated carbocycles. The normalized spacial score (nSPS) is 12.8. The Bertz CT molecular complexity index is 3650. The average molecular weight is 878 g/mol. The topological polar surface area (TPSA) is 4.93 Å². The summed E-state index contributed by atoms with van der Waals surface area (Å²) in [7, 11) is 0. The van der Waals surface area contributed by atoms with Gasteiger partial charge in [0.2, 0.25) is 0 Å². The smallest absolute Gasteiger partial charge is 0.0713 e. The molecule has 0 saturated heterocycles. The van der Waals surface area contributed by atoms with E-state index in [1.54, 1.807) is 0 Å². The summed E-state index contributed by atoms with van der Waals surface area (Å²) in [6, 6.07) is 106. The first-order valence-corrected chi connectivity index (χ1v) is 24.0. The molecule has 0 atom stereocenters. The second-order valence-corrected chi connectivity index (χ2v) is 18.3. The maximum atomic E-state index is 2.55. The van der Waals surface area contributed by atoms with Gasteiger partial charge in [0.1, 0.15) is 0 Å². The molecule has 0 fully saturated rings. The molecule has 1 aliphatic carbocycles. The van der Waals surface area contributed by atoms with Crippen molar-refractivity contribution in [2.45, 2.75) is 10.8 Å². The van der Waals surface area contributed by atoms with Crippen molar-refractivity contribution in [1.82, 2.24) is 4.57 Å². The molecule has 1 aromatic heterocycles. The number of benzene rings is 11. The van der Waals surface area contributed by atoms with Crippen molar-refractivity contribution in [1.29, 1.82) is 0 Å². The van der Waals surface area contributed by atoms with Crippen LogP contribution in [0.15, 0.2) is 285 Å². The van der Waals surface area contributed by atoms with Crippen LogP contribution in [-0.2, 0) is 10.8 Å². The molecule has 0 bridgehead atoms. The van der Waals surface area contributed by atoms with Crippen molar-refractivity contribution < 1.29 is 0 Å². The van der Waals surface area contributed by atoms with Gasteiger partial charge in [-0.1, -0.05) is 249 Å². The molecule has 13 rings (SSSR count). The van der Waals surface area contributed by atoms with E-state index in [0.29, 0.717) is 0 Å². The van der Waals surface area contributed by atoms with Gasteiger partial charge in [-0.25, -0.2) is 0 Å². The molecule has 324 valence electrons. The summed E-state index contributed by atoms with van der Waals surface area (Å²) in [5.41, 5.74) is 19.6. The summed E-state index contributed by atoms with van der Waals surface area (Å²) < 4.78 is 2.41. The largest absolute Gasteiger partial charge is 0.309 e. The number of hydrogen-bond acceptors (Lipinski definition) is 0.